The van der Waals surface area contributed by atoms with Crippen LogP contribution in [0.5, 0.6) is 5.75 Å². The van der Waals surface area contributed by atoms with Gasteiger partial charge in [0.15, 0.2) is 0 Å². The Kier molecular flexibility index (Phi) is 6.88. The van der Waals surface area contributed by atoms with Crippen molar-refractivity contribution >= 4 is 29.7 Å². The third-order valence-corrected chi connectivity index (χ3v) is 4.79. The van der Waals surface area contributed by atoms with Gasteiger partial charge in [0, 0.05) is 10.6 Å². The van der Waals surface area contributed by atoms with Crippen LogP contribution in [0.4, 0.5) is 0 Å². The summed E-state index contributed by atoms with van der Waals surface area (Å²) in [6.45, 7) is 6.35. The first kappa shape index (κ1) is 22.2. The van der Waals surface area contributed by atoms with Crippen LogP contribution in [0.25, 0.3) is 0 Å². The molecule has 0 spiro atoms. The highest BCUT2D eigenvalue weighted by molar-refractivity contribution is 6.30. The quantitative estimate of drug-likeness (QED) is 0.245. The highest BCUT2D eigenvalue weighted by atomic mass is 35.5. The molecule has 3 aromatic rings. The van der Waals surface area contributed by atoms with Gasteiger partial charge >= 0.3 is 5.97 Å². The number of carbonyl (C=O) groups is 2. The number of hydrogen-bond acceptors (Lipinski definition) is 4. The molecule has 0 aliphatic rings. The topological polar surface area (TPSA) is 67.8 Å². The lowest BCUT2D eigenvalue weighted by atomic mass is 9.87. The van der Waals surface area contributed by atoms with E-state index in [4.69, 9.17) is 16.3 Å². The van der Waals surface area contributed by atoms with Crippen molar-refractivity contribution in [2.75, 3.05) is 0 Å². The van der Waals surface area contributed by atoms with Crippen LogP contribution in [0, 0.1) is 0 Å². The minimum atomic E-state index is -0.488. The maximum absolute atomic E-state index is 12.3. The van der Waals surface area contributed by atoms with Gasteiger partial charge in [0.05, 0.1) is 11.8 Å². The molecule has 0 bridgehead atoms. The second-order valence-electron chi connectivity index (χ2n) is 8.00. The molecule has 0 saturated heterocycles. The largest absolute Gasteiger partial charge is 0.423 e. The molecule has 3 rings (SSSR count). The Morgan fingerprint density at radius 3 is 2.23 bits per heavy atom. The fraction of sp³-hybridized carbons (Fsp3) is 0.160. The number of esters is 1. The van der Waals surface area contributed by atoms with Gasteiger partial charge in [-0.2, -0.15) is 5.10 Å². The number of rotatable bonds is 5. The van der Waals surface area contributed by atoms with Crippen molar-refractivity contribution in [2.24, 2.45) is 5.10 Å². The number of hydrogen-bond donors (Lipinski definition) is 1. The summed E-state index contributed by atoms with van der Waals surface area (Å²) in [6, 6.07) is 20.7. The zero-order valence-electron chi connectivity index (χ0n) is 17.6. The summed E-state index contributed by atoms with van der Waals surface area (Å²) in [5.74, 6) is -0.423. The van der Waals surface area contributed by atoms with E-state index in [1.165, 1.54) is 6.21 Å². The summed E-state index contributed by atoms with van der Waals surface area (Å²) in [5, 5.41) is 4.54. The second-order valence-corrected chi connectivity index (χ2v) is 8.43. The van der Waals surface area contributed by atoms with Crippen LogP contribution in [-0.4, -0.2) is 18.1 Å². The number of ether oxygens (including phenoxy) is 1. The van der Waals surface area contributed by atoms with Crippen LogP contribution < -0.4 is 10.2 Å². The van der Waals surface area contributed by atoms with Gasteiger partial charge in [-0.3, -0.25) is 4.79 Å². The highest BCUT2D eigenvalue weighted by Crippen LogP contribution is 2.22. The highest BCUT2D eigenvalue weighted by Gasteiger charge is 2.14. The van der Waals surface area contributed by atoms with E-state index >= 15 is 0 Å². The molecule has 0 fully saturated rings. The minimum Gasteiger partial charge on any atom is -0.423 e. The van der Waals surface area contributed by atoms with Crippen LogP contribution in [0.15, 0.2) is 77.9 Å². The molecular weight excluding hydrogens is 412 g/mol. The Morgan fingerprint density at radius 1 is 0.935 bits per heavy atom. The number of halogens is 1. The smallest absolute Gasteiger partial charge is 0.343 e. The van der Waals surface area contributed by atoms with Crippen molar-refractivity contribution in [1.82, 2.24) is 5.43 Å². The van der Waals surface area contributed by atoms with Crippen molar-refractivity contribution in [3.8, 4) is 5.75 Å². The molecule has 0 heterocycles. The molecule has 31 heavy (non-hydrogen) atoms. The Bertz CT molecular complexity index is 1100. The summed E-state index contributed by atoms with van der Waals surface area (Å²) in [5.41, 5.74) is 5.27. The van der Waals surface area contributed by atoms with Gasteiger partial charge < -0.3 is 4.74 Å². The summed E-state index contributed by atoms with van der Waals surface area (Å²) >= 11 is 5.84. The number of nitrogens with one attached hydrogen (secondary N) is 1. The van der Waals surface area contributed by atoms with Gasteiger partial charge in [-0.25, -0.2) is 10.2 Å². The van der Waals surface area contributed by atoms with E-state index in [2.05, 4.69) is 31.3 Å². The van der Waals surface area contributed by atoms with E-state index in [0.717, 1.165) is 5.56 Å². The summed E-state index contributed by atoms with van der Waals surface area (Å²) in [6.07, 6.45) is 1.49. The molecule has 0 aliphatic carbocycles. The van der Waals surface area contributed by atoms with Gasteiger partial charge in [-0.1, -0.05) is 56.6 Å². The molecule has 0 unspecified atom stereocenters. The monoisotopic (exact) mass is 434 g/mol. The first-order valence-corrected chi connectivity index (χ1v) is 10.1. The van der Waals surface area contributed by atoms with E-state index in [1.807, 2.05) is 12.1 Å². The Labute approximate surface area is 186 Å². The van der Waals surface area contributed by atoms with E-state index in [-0.39, 0.29) is 11.3 Å². The Hall–Kier alpha value is -3.44. The predicted molar refractivity (Wildman–Crippen MR) is 123 cm³/mol. The fourth-order valence-corrected chi connectivity index (χ4v) is 2.89. The van der Waals surface area contributed by atoms with Crippen molar-refractivity contribution < 1.29 is 14.3 Å². The molecule has 3 aromatic carbocycles. The maximum Gasteiger partial charge on any atom is 0.343 e. The second kappa shape index (κ2) is 9.58. The average Bonchev–Trinajstić information content (AvgIpc) is 2.74. The van der Waals surface area contributed by atoms with Gasteiger partial charge in [0.1, 0.15) is 5.75 Å². The van der Waals surface area contributed by atoms with Crippen LogP contribution in [0.1, 0.15) is 52.6 Å². The standard InChI is InChI=1S/C25H23ClN2O3/c1-25(2,3)20-11-7-18(8-12-20)23(29)28-27-16-17-5-4-6-22(15-17)31-24(30)19-9-13-21(26)14-10-19/h4-16H,1-3H3,(H,28,29)/b27-16+. The van der Waals surface area contributed by atoms with Crippen LogP contribution in [0.2, 0.25) is 5.02 Å². The summed E-state index contributed by atoms with van der Waals surface area (Å²) in [7, 11) is 0. The number of benzene rings is 3. The van der Waals surface area contributed by atoms with Crippen LogP contribution in [-0.2, 0) is 5.41 Å². The molecule has 158 valence electrons. The fourth-order valence-electron chi connectivity index (χ4n) is 2.76. The molecule has 0 saturated carbocycles. The predicted octanol–water partition coefficient (Wildman–Crippen LogP) is 5.62. The van der Waals surface area contributed by atoms with Crippen molar-refractivity contribution in [3.63, 3.8) is 0 Å². The van der Waals surface area contributed by atoms with E-state index in [1.54, 1.807) is 60.7 Å². The van der Waals surface area contributed by atoms with E-state index in [0.29, 0.717) is 27.5 Å². The summed E-state index contributed by atoms with van der Waals surface area (Å²) < 4.78 is 5.39. The number of hydrazone groups is 1. The molecule has 6 heteroatoms. The average molecular weight is 435 g/mol. The van der Waals surface area contributed by atoms with Gasteiger partial charge in [0.2, 0.25) is 0 Å². The van der Waals surface area contributed by atoms with Gasteiger partial charge in [-0.05, 0) is 65.1 Å². The Balaban J connectivity index is 1.60. The first-order chi connectivity index (χ1) is 14.7. The normalized spacial score (nSPS) is 11.4. The first-order valence-electron chi connectivity index (χ1n) is 9.74. The molecule has 0 radical (unpaired) electrons. The SMILES string of the molecule is CC(C)(C)c1ccc(C(=O)N/N=C/c2cccc(OC(=O)c3ccc(Cl)cc3)c2)cc1. The molecule has 1 N–H and O–H groups in total. The molecule has 5 nitrogen and oxygen atoms in total. The lowest BCUT2D eigenvalue weighted by molar-refractivity contribution is 0.0734. The van der Waals surface area contributed by atoms with Gasteiger partial charge in [0.25, 0.3) is 5.91 Å². The van der Waals surface area contributed by atoms with Crippen LogP contribution >= 0.6 is 11.6 Å². The summed E-state index contributed by atoms with van der Waals surface area (Å²) in [4.78, 5) is 24.5. The van der Waals surface area contributed by atoms with Crippen LogP contribution in [0.3, 0.4) is 0 Å². The number of nitrogens with zero attached hydrogens (tertiary/aromatic N) is 1. The lowest BCUT2D eigenvalue weighted by Gasteiger charge is -2.18. The molecule has 1 amide bonds. The van der Waals surface area contributed by atoms with Crippen molar-refractivity contribution in [1.29, 1.82) is 0 Å². The maximum atomic E-state index is 12.3. The molecular formula is C25H23ClN2O3. The number of carbonyl (C=O) groups excluding carboxylic acids is 2. The zero-order chi connectivity index (χ0) is 22.4. The van der Waals surface area contributed by atoms with E-state index in [9.17, 15) is 9.59 Å². The minimum absolute atomic E-state index is 0.0230. The molecule has 0 aliphatic heterocycles. The lowest BCUT2D eigenvalue weighted by Crippen LogP contribution is -2.18. The third-order valence-electron chi connectivity index (χ3n) is 4.54. The van der Waals surface area contributed by atoms with Crippen molar-refractivity contribution in [2.45, 2.75) is 26.2 Å². The Morgan fingerprint density at radius 2 is 1.58 bits per heavy atom. The van der Waals surface area contributed by atoms with Crippen molar-refractivity contribution in [3.05, 3.63) is 100 Å². The molecule has 0 atom stereocenters. The van der Waals surface area contributed by atoms with Gasteiger partial charge in [-0.15, -0.1) is 0 Å². The number of amides is 1. The van der Waals surface area contributed by atoms with E-state index < -0.39 is 5.97 Å². The third kappa shape index (κ3) is 6.27. The molecule has 0 aromatic heterocycles. The zero-order valence-corrected chi connectivity index (χ0v) is 18.3.